The maximum atomic E-state index is 14.4. The largest absolute Gasteiger partial charge is 0.493 e. The average molecular weight is 2000 g/mol. The third-order valence-electron chi connectivity index (χ3n) is 20.7. The maximum Gasteiger partial charge on any atom is 0.247 e. The lowest BCUT2D eigenvalue weighted by molar-refractivity contribution is -0.125. The van der Waals surface area contributed by atoms with Crippen molar-refractivity contribution in [2.24, 2.45) is 0 Å². The number of aryl methyl sites for hydroxylation is 2. The first-order chi connectivity index (χ1) is 71.6. The van der Waals surface area contributed by atoms with Crippen LogP contribution in [0.3, 0.4) is 0 Å². The van der Waals surface area contributed by atoms with Gasteiger partial charge < -0.3 is 92.4 Å². The predicted octanol–water partition coefficient (Wildman–Crippen LogP) is 21.4. The lowest BCUT2D eigenvalue weighted by Gasteiger charge is -2.16. The van der Waals surface area contributed by atoms with Gasteiger partial charge in [0.2, 0.25) is 53.3 Å². The van der Waals surface area contributed by atoms with Gasteiger partial charge in [0.1, 0.15) is 23.9 Å². The van der Waals surface area contributed by atoms with Crippen LogP contribution in [0.5, 0.6) is 17.4 Å². The number of allylic oxidation sites excluding steroid dienone is 4. The van der Waals surface area contributed by atoms with Crippen LogP contribution in [0.2, 0.25) is 0 Å². The molecule has 0 bridgehead atoms. The molecule has 1 fully saturated rings. The van der Waals surface area contributed by atoms with E-state index in [2.05, 4.69) is 143 Å². The molecular formula is C109H111F4N27O8. The molecule has 7 aromatic heterocycles. The number of benzene rings is 8. The number of hydrogen-bond acceptors (Lipinski definition) is 31. The summed E-state index contributed by atoms with van der Waals surface area (Å²) in [5, 5.41) is 35.8. The minimum atomic E-state index is -0.619. The smallest absolute Gasteiger partial charge is 0.247 e. The SMILES string of the molecule is C=CC(=O)N1CCC(Nc2nc(Nc3ccc(OC)nc3)ncc2F)C1.C=CC(=O)NCc1cccc(Nc2nc(Nc3ccccc3)ncc2C)c1.C=CC(=O)Nc1cccc(Nc2nc(Nc3cccc(OCCCn4ccnc4)c3)ncc2F)c1.CC(C)=CC(=O)c1ccc(Nc2nc(Nc3ccccc3)ncc2F)cc1.CC(C)=CC(=O)c1cccc(Nc2nc(Nc3cccc(OCCN(C)C)c3)ncc2F)c1. The molecule has 1 aliphatic rings. The van der Waals surface area contributed by atoms with Gasteiger partial charge in [-0.2, -0.15) is 24.9 Å². The molecule has 39 heteroatoms. The number of pyridine rings is 1. The Morgan fingerprint density at radius 2 is 0.899 bits per heavy atom. The van der Waals surface area contributed by atoms with Crippen LogP contribution in [0.4, 0.5) is 133 Å². The Morgan fingerprint density at radius 3 is 1.43 bits per heavy atom. The molecule has 758 valence electrons. The van der Waals surface area contributed by atoms with Crippen LogP contribution in [0.25, 0.3) is 0 Å². The van der Waals surface area contributed by atoms with Gasteiger partial charge >= 0.3 is 0 Å². The normalized spacial score (nSPS) is 11.4. The third kappa shape index (κ3) is 35.6. The number of halogens is 4. The summed E-state index contributed by atoms with van der Waals surface area (Å²) in [7, 11) is 5.50. The zero-order valence-corrected chi connectivity index (χ0v) is 82.4. The highest BCUT2D eigenvalue weighted by Crippen LogP contribution is 2.31. The number of nitrogens with one attached hydrogen (secondary N) is 12. The van der Waals surface area contributed by atoms with E-state index in [0.717, 1.165) is 89.5 Å². The monoisotopic (exact) mass is 2000 g/mol. The van der Waals surface area contributed by atoms with E-state index in [-0.39, 0.29) is 82.4 Å². The quantitative estimate of drug-likeness (QED) is 0.00734. The van der Waals surface area contributed by atoms with E-state index >= 15 is 0 Å². The standard InChI is InChI=1S/C25H24FN7O2.C25H28FN5O2.C21H19FN4O.C21H21N5O.C17H19FN6O2/c1-2-23(34)29-18-6-3-7-19(14-18)30-24-22(26)16-28-25(32-24)31-20-8-4-9-21(15-20)35-13-5-11-33-12-10-27-17-33;1-17(2)13-23(32)18-7-5-8-19(14-18)28-24-22(26)16-27-25(30-24)29-20-9-6-10-21(15-20)33-12-11-31(3)4;1-14(2)12-19(27)15-8-10-17(11-9-15)24-20-18(22)13-23-21(26-20)25-16-6-4-3-5-7-16;1-3-19(27)22-14-16-8-7-11-18(12-16)24-20-15(2)13-23-21(26-20)25-17-9-5-4-6-10-17;1-3-15(25)24-7-6-12(10-24)21-16-13(18)9-20-17(23-16)22-11-4-5-14(26-2)19-8-11/h2-4,6-10,12,14-17H,1,5,11,13H2,(H,29,34)(H2,28,30,31,32);5-10,13-16H,11-12H2,1-4H3,(H2,27,28,29,30);3-13H,1-2H3,(H2,23,24,25,26);3-13H,1,14H2,2H3,(H,22,27)(H2,23,24,25,26);3-5,8-9,12H,1,6-7,10H2,2H3,(H2,20,21,22,23). The van der Waals surface area contributed by atoms with Gasteiger partial charge in [0.25, 0.3) is 0 Å². The summed E-state index contributed by atoms with van der Waals surface area (Å²) in [5.74, 6) is 0.978. The Bertz CT molecular complexity index is 7070. The molecular weight excluding hydrogens is 1890 g/mol. The molecule has 148 heavy (non-hydrogen) atoms. The number of para-hydroxylation sites is 2. The number of nitrogens with zero attached hydrogens (tertiary/aromatic N) is 15. The number of aromatic nitrogens is 13. The molecule has 16 rings (SSSR count). The number of carbonyl (C=O) groups excluding carboxylic acids is 5. The fourth-order valence-corrected chi connectivity index (χ4v) is 13.5. The van der Waals surface area contributed by atoms with Crippen LogP contribution in [0.15, 0.2) is 336 Å². The second kappa shape index (κ2) is 55.5. The fraction of sp³-hybridized carbons (Fsp3) is 0.165. The molecule has 1 atom stereocenters. The number of likely N-dealkylation sites (N-methyl/N-ethyl adjacent to an activating group) is 1. The third-order valence-corrected chi connectivity index (χ3v) is 20.7. The van der Waals surface area contributed by atoms with Crippen molar-refractivity contribution in [3.63, 3.8) is 0 Å². The lowest BCUT2D eigenvalue weighted by Crippen LogP contribution is -2.30. The highest BCUT2D eigenvalue weighted by molar-refractivity contribution is 6.06. The number of rotatable bonds is 40. The summed E-state index contributed by atoms with van der Waals surface area (Å²) < 4.78 is 75.4. The minimum absolute atomic E-state index is 0.00213. The predicted molar refractivity (Wildman–Crippen MR) is 570 cm³/mol. The van der Waals surface area contributed by atoms with Crippen LogP contribution < -0.4 is 78.0 Å². The summed E-state index contributed by atoms with van der Waals surface area (Å²) in [6, 6.07) is 65.5. The molecule has 0 saturated carbocycles. The molecule has 0 aliphatic carbocycles. The zero-order chi connectivity index (χ0) is 105. The first-order valence-corrected chi connectivity index (χ1v) is 46.5. The van der Waals surface area contributed by atoms with Crippen molar-refractivity contribution in [2.75, 3.05) is 113 Å². The van der Waals surface area contributed by atoms with Crippen molar-refractivity contribution in [1.82, 2.24) is 79.5 Å². The summed E-state index contributed by atoms with van der Waals surface area (Å²) in [4.78, 5) is 112. The first-order valence-electron chi connectivity index (χ1n) is 46.5. The van der Waals surface area contributed by atoms with Gasteiger partial charge in [0.15, 0.2) is 58.1 Å². The van der Waals surface area contributed by atoms with Crippen LogP contribution in [0.1, 0.15) is 72.4 Å². The second-order valence-corrected chi connectivity index (χ2v) is 33.3. The Morgan fingerprint density at radius 1 is 0.446 bits per heavy atom. The van der Waals surface area contributed by atoms with Gasteiger partial charge in [0, 0.05) is 143 Å². The Balaban J connectivity index is 0.000000165. The molecule has 1 saturated heterocycles. The number of likely N-dealkylation sites (tertiary alicyclic amines) is 1. The van der Waals surface area contributed by atoms with E-state index in [4.69, 9.17) is 14.2 Å². The van der Waals surface area contributed by atoms with E-state index in [1.165, 1.54) is 25.3 Å². The number of ether oxygens (including phenoxy) is 3. The number of hydrogen-bond donors (Lipinski definition) is 12. The van der Waals surface area contributed by atoms with Crippen molar-refractivity contribution in [1.29, 1.82) is 0 Å². The summed E-state index contributed by atoms with van der Waals surface area (Å²) in [5.41, 5.74) is 11.7. The highest BCUT2D eigenvalue weighted by Gasteiger charge is 2.27. The van der Waals surface area contributed by atoms with Crippen molar-refractivity contribution in [2.45, 2.75) is 66.6 Å². The number of ketones is 2. The van der Waals surface area contributed by atoms with Gasteiger partial charge in [0.05, 0.1) is 56.7 Å². The number of anilines is 20. The summed E-state index contributed by atoms with van der Waals surface area (Å²) in [6.45, 7) is 24.0. The van der Waals surface area contributed by atoms with E-state index in [9.17, 15) is 41.5 Å². The average Bonchev–Trinajstić information content (AvgIpc) is 0.962. The number of imidazole rings is 1. The summed E-state index contributed by atoms with van der Waals surface area (Å²) >= 11 is 0. The minimum Gasteiger partial charge on any atom is -0.493 e. The molecule has 0 radical (unpaired) electrons. The first kappa shape index (κ1) is 108. The van der Waals surface area contributed by atoms with Gasteiger partial charge in [-0.05, 0) is 219 Å². The van der Waals surface area contributed by atoms with Crippen LogP contribution in [-0.4, -0.2) is 164 Å². The fourth-order valence-electron chi connectivity index (χ4n) is 13.5. The van der Waals surface area contributed by atoms with Crippen molar-refractivity contribution in [3.8, 4) is 17.4 Å². The highest BCUT2D eigenvalue weighted by atomic mass is 19.1. The molecule has 0 spiro atoms. The number of methoxy groups -OCH3 is 1. The molecule has 15 aromatic rings. The summed E-state index contributed by atoms with van der Waals surface area (Å²) in [6.07, 6.45) is 21.5. The van der Waals surface area contributed by atoms with Gasteiger partial charge in [-0.15, -0.1) is 0 Å². The van der Waals surface area contributed by atoms with Crippen LogP contribution >= 0.6 is 0 Å². The molecule has 12 N–H and O–H groups in total. The Labute approximate surface area is 853 Å². The molecule has 8 aromatic carbocycles. The van der Waals surface area contributed by atoms with Crippen molar-refractivity contribution >= 4 is 145 Å². The van der Waals surface area contributed by atoms with Crippen molar-refractivity contribution < 1.29 is 55.7 Å². The van der Waals surface area contributed by atoms with Crippen LogP contribution in [0, 0.1) is 30.2 Å². The molecule has 1 aliphatic heterocycles. The van der Waals surface area contributed by atoms with E-state index in [0.29, 0.717) is 114 Å². The topological polar surface area (TPSA) is 423 Å². The van der Waals surface area contributed by atoms with Gasteiger partial charge in [-0.3, -0.25) is 24.0 Å². The Kier molecular flexibility index (Phi) is 40.4. The number of amides is 3. The molecule has 8 heterocycles. The van der Waals surface area contributed by atoms with Gasteiger partial charge in [-0.25, -0.2) is 52.4 Å². The molecule has 35 nitrogen and oxygen atoms in total. The van der Waals surface area contributed by atoms with E-state index in [1.54, 1.807) is 127 Å². The molecule has 1 unspecified atom stereocenters. The van der Waals surface area contributed by atoms with E-state index in [1.807, 2.05) is 198 Å². The maximum absolute atomic E-state index is 14.4. The van der Waals surface area contributed by atoms with Gasteiger partial charge in [-0.1, -0.05) is 110 Å². The van der Waals surface area contributed by atoms with E-state index < -0.39 is 23.3 Å². The van der Waals surface area contributed by atoms with Crippen molar-refractivity contribution in [3.05, 3.63) is 381 Å². The molecule has 3 amide bonds. The zero-order valence-electron chi connectivity index (χ0n) is 82.4. The number of carbonyl (C=O) groups is 5. The van der Waals surface area contributed by atoms with Crippen LogP contribution in [-0.2, 0) is 27.5 Å². The second-order valence-electron chi connectivity index (χ2n) is 33.3. The lowest BCUT2D eigenvalue weighted by atomic mass is 10.1. The Hall–Kier alpha value is -19.0.